The number of hydrogen-bond donors (Lipinski definition) is 1. The lowest BCUT2D eigenvalue weighted by Crippen LogP contribution is -2.65. The van der Waals surface area contributed by atoms with Crippen molar-refractivity contribution in [1.29, 1.82) is 0 Å². The van der Waals surface area contributed by atoms with E-state index in [1.807, 2.05) is 12.5 Å². The Morgan fingerprint density at radius 3 is 2.76 bits per heavy atom. The summed E-state index contributed by atoms with van der Waals surface area (Å²) in [6.45, 7) is 7.29. The summed E-state index contributed by atoms with van der Waals surface area (Å²) in [5.74, 6) is 1.89. The van der Waals surface area contributed by atoms with Crippen LogP contribution in [0.4, 0.5) is 0 Å². The Labute approximate surface area is 127 Å². The second-order valence-electron chi connectivity index (χ2n) is 7.56. The smallest absolute Gasteiger partial charge is 0.0945 e. The Hall–Kier alpha value is -0.870. The molecule has 1 aliphatic heterocycles. The van der Waals surface area contributed by atoms with E-state index in [1.165, 1.54) is 51.7 Å². The highest BCUT2D eigenvalue weighted by Crippen LogP contribution is 2.45. The zero-order chi connectivity index (χ0) is 14.3. The van der Waals surface area contributed by atoms with Gasteiger partial charge in [0.05, 0.1) is 6.33 Å². The first-order chi connectivity index (χ1) is 10.3. The summed E-state index contributed by atoms with van der Waals surface area (Å²) in [6, 6.07) is 0.755. The summed E-state index contributed by atoms with van der Waals surface area (Å²) in [4.78, 5) is 6.96. The van der Waals surface area contributed by atoms with Crippen LogP contribution in [0.25, 0.3) is 0 Å². The maximum Gasteiger partial charge on any atom is 0.0945 e. The highest BCUT2D eigenvalue weighted by atomic mass is 15.3. The van der Waals surface area contributed by atoms with Crippen LogP contribution in [0.15, 0.2) is 18.7 Å². The lowest BCUT2D eigenvalue weighted by molar-refractivity contribution is 0.0287. The van der Waals surface area contributed by atoms with E-state index >= 15 is 0 Å². The Balaban J connectivity index is 1.37. The topological polar surface area (TPSA) is 33.1 Å². The summed E-state index contributed by atoms with van der Waals surface area (Å²) >= 11 is 0. The van der Waals surface area contributed by atoms with E-state index in [1.54, 1.807) is 0 Å². The fourth-order valence-corrected chi connectivity index (χ4v) is 4.09. The number of hydrogen-bond acceptors (Lipinski definition) is 3. The Morgan fingerprint density at radius 1 is 1.24 bits per heavy atom. The van der Waals surface area contributed by atoms with E-state index in [-0.39, 0.29) is 0 Å². The van der Waals surface area contributed by atoms with E-state index in [0.29, 0.717) is 5.54 Å². The highest BCUT2D eigenvalue weighted by Gasteiger charge is 2.49. The maximum absolute atomic E-state index is 4.14. The largest absolute Gasteiger partial charge is 0.337 e. The van der Waals surface area contributed by atoms with Crippen molar-refractivity contribution in [3.63, 3.8) is 0 Å². The van der Waals surface area contributed by atoms with Gasteiger partial charge in [-0.05, 0) is 50.9 Å². The SMILES string of the molecule is CC1(C2CC2)CNC(C2CC2)CN1CCCn1ccnc1. The molecule has 2 unspecified atom stereocenters. The molecule has 0 radical (unpaired) electrons. The quantitative estimate of drug-likeness (QED) is 0.870. The summed E-state index contributed by atoms with van der Waals surface area (Å²) < 4.78 is 2.20. The molecule has 0 aromatic carbocycles. The van der Waals surface area contributed by atoms with Gasteiger partial charge in [0.1, 0.15) is 0 Å². The third-order valence-electron chi connectivity index (χ3n) is 5.91. The molecule has 2 saturated carbocycles. The molecule has 116 valence electrons. The lowest BCUT2D eigenvalue weighted by Gasteiger charge is -2.49. The average Bonchev–Trinajstić information content (AvgIpc) is 3.39. The Kier molecular flexibility index (Phi) is 3.54. The fraction of sp³-hybridized carbons (Fsp3) is 0.824. The third kappa shape index (κ3) is 2.88. The standard InChI is InChI=1S/C17H28N4/c1-17(15-5-6-15)12-19-16(14-3-4-14)11-21(17)9-2-8-20-10-7-18-13-20/h7,10,13-16,19H,2-6,8-9,11-12H2,1H3. The van der Waals surface area contributed by atoms with Crippen LogP contribution in [0, 0.1) is 11.8 Å². The summed E-state index contributed by atoms with van der Waals surface area (Å²) in [6.07, 6.45) is 12.9. The van der Waals surface area contributed by atoms with Gasteiger partial charge in [0.2, 0.25) is 0 Å². The van der Waals surface area contributed by atoms with Gasteiger partial charge in [-0.1, -0.05) is 0 Å². The van der Waals surface area contributed by atoms with Gasteiger partial charge >= 0.3 is 0 Å². The van der Waals surface area contributed by atoms with Crippen LogP contribution in [0.2, 0.25) is 0 Å². The highest BCUT2D eigenvalue weighted by molar-refractivity contribution is 5.06. The molecule has 3 aliphatic rings. The minimum Gasteiger partial charge on any atom is -0.337 e. The molecule has 2 atom stereocenters. The van der Waals surface area contributed by atoms with Gasteiger partial charge < -0.3 is 9.88 Å². The predicted molar refractivity (Wildman–Crippen MR) is 84.1 cm³/mol. The number of nitrogens with zero attached hydrogens (tertiary/aromatic N) is 3. The number of rotatable bonds is 6. The van der Waals surface area contributed by atoms with E-state index in [9.17, 15) is 0 Å². The number of nitrogens with one attached hydrogen (secondary N) is 1. The molecule has 4 heteroatoms. The number of imidazole rings is 1. The third-order valence-corrected chi connectivity index (χ3v) is 5.91. The van der Waals surface area contributed by atoms with Crippen LogP contribution in [0.1, 0.15) is 39.0 Å². The Bertz CT molecular complexity index is 463. The van der Waals surface area contributed by atoms with Crippen LogP contribution in [-0.2, 0) is 6.54 Å². The van der Waals surface area contributed by atoms with Crippen molar-refractivity contribution in [3.8, 4) is 0 Å². The van der Waals surface area contributed by atoms with Crippen molar-refractivity contribution in [2.45, 2.75) is 57.2 Å². The molecule has 4 rings (SSSR count). The molecule has 0 amide bonds. The summed E-state index contributed by atoms with van der Waals surface area (Å²) in [5, 5.41) is 3.87. The molecule has 0 bridgehead atoms. The predicted octanol–water partition coefficient (Wildman–Crippen LogP) is 2.13. The number of piperazine rings is 1. The second kappa shape index (κ2) is 5.40. The molecule has 2 heterocycles. The molecule has 3 fully saturated rings. The second-order valence-corrected chi connectivity index (χ2v) is 7.56. The van der Waals surface area contributed by atoms with Gasteiger partial charge in [-0.2, -0.15) is 0 Å². The van der Waals surface area contributed by atoms with Crippen LogP contribution >= 0.6 is 0 Å². The van der Waals surface area contributed by atoms with Gasteiger partial charge in [-0.3, -0.25) is 4.90 Å². The van der Waals surface area contributed by atoms with Crippen molar-refractivity contribution < 1.29 is 0 Å². The molecule has 1 N–H and O–H groups in total. The van der Waals surface area contributed by atoms with Crippen molar-refractivity contribution in [3.05, 3.63) is 18.7 Å². The average molecular weight is 288 g/mol. The van der Waals surface area contributed by atoms with Crippen LogP contribution < -0.4 is 5.32 Å². The molecular formula is C17H28N4. The van der Waals surface area contributed by atoms with Crippen molar-refractivity contribution in [2.24, 2.45) is 11.8 Å². The zero-order valence-corrected chi connectivity index (χ0v) is 13.2. The summed E-state index contributed by atoms with van der Waals surface area (Å²) in [7, 11) is 0. The van der Waals surface area contributed by atoms with Gasteiger partial charge in [0.15, 0.2) is 0 Å². The van der Waals surface area contributed by atoms with Gasteiger partial charge in [-0.15, -0.1) is 0 Å². The molecule has 2 aliphatic carbocycles. The van der Waals surface area contributed by atoms with E-state index < -0.39 is 0 Å². The van der Waals surface area contributed by atoms with Crippen LogP contribution in [0.3, 0.4) is 0 Å². The van der Waals surface area contributed by atoms with E-state index in [0.717, 1.165) is 24.4 Å². The first-order valence-electron chi connectivity index (χ1n) is 8.70. The Morgan fingerprint density at radius 2 is 2.10 bits per heavy atom. The molecular weight excluding hydrogens is 260 g/mol. The maximum atomic E-state index is 4.14. The summed E-state index contributed by atoms with van der Waals surface area (Å²) in [5.41, 5.74) is 0.403. The van der Waals surface area contributed by atoms with Gasteiger partial charge in [0, 0.05) is 50.2 Å². The van der Waals surface area contributed by atoms with Crippen molar-refractivity contribution in [2.75, 3.05) is 19.6 Å². The number of aryl methyl sites for hydroxylation is 1. The molecule has 0 spiro atoms. The monoisotopic (exact) mass is 288 g/mol. The van der Waals surface area contributed by atoms with Gasteiger partial charge in [0.25, 0.3) is 0 Å². The normalized spacial score (nSPS) is 34.2. The molecule has 1 aromatic rings. The molecule has 1 aromatic heterocycles. The first-order valence-corrected chi connectivity index (χ1v) is 8.70. The number of aromatic nitrogens is 2. The minimum atomic E-state index is 0.403. The van der Waals surface area contributed by atoms with Crippen molar-refractivity contribution >= 4 is 0 Å². The molecule has 4 nitrogen and oxygen atoms in total. The van der Waals surface area contributed by atoms with Crippen LogP contribution in [-0.4, -0.2) is 45.7 Å². The lowest BCUT2D eigenvalue weighted by atomic mass is 9.88. The zero-order valence-electron chi connectivity index (χ0n) is 13.2. The fourth-order valence-electron chi connectivity index (χ4n) is 4.09. The molecule has 21 heavy (non-hydrogen) atoms. The van der Waals surface area contributed by atoms with E-state index in [4.69, 9.17) is 0 Å². The van der Waals surface area contributed by atoms with E-state index in [2.05, 4.69) is 32.9 Å². The molecule has 1 saturated heterocycles. The van der Waals surface area contributed by atoms with Crippen molar-refractivity contribution in [1.82, 2.24) is 19.8 Å². The van der Waals surface area contributed by atoms with Gasteiger partial charge in [-0.25, -0.2) is 4.98 Å². The first kappa shape index (κ1) is 13.8. The minimum absolute atomic E-state index is 0.403. The van der Waals surface area contributed by atoms with Crippen LogP contribution in [0.5, 0.6) is 0 Å².